The molecule has 0 aliphatic rings. The SMILES string of the molecule is CCCCCCNC(=O)c1c(N)n(/N=C/c2ccncc2)c2nc3ccccc3nc12. The number of nitrogens with two attached hydrogens (primary N) is 1. The van der Waals surface area contributed by atoms with Crippen molar-refractivity contribution < 1.29 is 4.79 Å². The molecule has 0 spiro atoms. The van der Waals surface area contributed by atoms with Crippen molar-refractivity contribution in [2.24, 2.45) is 5.10 Å². The fourth-order valence-electron chi connectivity index (χ4n) is 3.40. The molecule has 3 aromatic heterocycles. The molecule has 0 aliphatic carbocycles. The van der Waals surface area contributed by atoms with Crippen LogP contribution in [0.15, 0.2) is 53.9 Å². The molecular formula is C23H25N7O. The number of fused-ring (bicyclic) bond motifs is 2. The van der Waals surface area contributed by atoms with E-state index in [0.717, 1.165) is 31.2 Å². The summed E-state index contributed by atoms with van der Waals surface area (Å²) in [5.74, 6) is -0.0527. The van der Waals surface area contributed by atoms with Crippen molar-refractivity contribution >= 4 is 40.1 Å². The Morgan fingerprint density at radius 2 is 1.84 bits per heavy atom. The van der Waals surface area contributed by atoms with Crippen molar-refractivity contribution in [3.63, 3.8) is 0 Å². The number of benzene rings is 1. The third kappa shape index (κ3) is 4.37. The topological polar surface area (TPSA) is 111 Å². The van der Waals surface area contributed by atoms with E-state index in [9.17, 15) is 4.79 Å². The maximum absolute atomic E-state index is 13.0. The third-order valence-corrected chi connectivity index (χ3v) is 5.05. The quantitative estimate of drug-likeness (QED) is 0.336. The van der Waals surface area contributed by atoms with Crippen LogP contribution in [0, 0.1) is 0 Å². The van der Waals surface area contributed by atoms with Gasteiger partial charge in [0.05, 0.1) is 17.2 Å². The highest BCUT2D eigenvalue weighted by Crippen LogP contribution is 2.27. The zero-order valence-electron chi connectivity index (χ0n) is 17.5. The predicted molar refractivity (Wildman–Crippen MR) is 123 cm³/mol. The Morgan fingerprint density at radius 3 is 2.58 bits per heavy atom. The molecule has 31 heavy (non-hydrogen) atoms. The maximum atomic E-state index is 13.0. The Hall–Kier alpha value is -3.81. The zero-order chi connectivity index (χ0) is 21.6. The molecule has 8 heteroatoms. The molecule has 4 rings (SSSR count). The number of para-hydroxylation sites is 2. The van der Waals surface area contributed by atoms with Crippen LogP contribution in [-0.2, 0) is 0 Å². The second-order valence-electron chi connectivity index (χ2n) is 7.30. The molecule has 0 atom stereocenters. The molecule has 0 unspecified atom stereocenters. The standard InChI is InChI=1S/C23H25N7O/c1-2-3-4-7-12-26-23(31)19-20-22(29-18-9-6-5-8-17(18)28-20)30(21(19)24)27-15-16-10-13-25-14-11-16/h5-6,8-11,13-15H,2-4,7,12,24H2,1H3,(H,26,31)/b27-15+. The number of anilines is 1. The summed E-state index contributed by atoms with van der Waals surface area (Å²) in [6.45, 7) is 2.75. The number of nitrogen functional groups attached to an aromatic ring is 1. The molecule has 1 aromatic carbocycles. The minimum atomic E-state index is -0.263. The van der Waals surface area contributed by atoms with E-state index in [0.29, 0.717) is 34.3 Å². The van der Waals surface area contributed by atoms with E-state index in [-0.39, 0.29) is 11.7 Å². The molecule has 158 valence electrons. The summed E-state index contributed by atoms with van der Waals surface area (Å²) in [7, 11) is 0. The van der Waals surface area contributed by atoms with Crippen LogP contribution >= 0.6 is 0 Å². The molecule has 8 nitrogen and oxygen atoms in total. The fourth-order valence-corrected chi connectivity index (χ4v) is 3.40. The number of hydrogen-bond acceptors (Lipinski definition) is 6. The fraction of sp³-hybridized carbons (Fsp3) is 0.261. The molecule has 0 saturated carbocycles. The summed E-state index contributed by atoms with van der Waals surface area (Å²) in [4.78, 5) is 26.4. The molecule has 1 amide bonds. The molecule has 4 aromatic rings. The van der Waals surface area contributed by atoms with E-state index in [2.05, 4.69) is 32.3 Å². The predicted octanol–water partition coefficient (Wildman–Crippen LogP) is 3.75. The second kappa shape index (κ2) is 9.34. The lowest BCUT2D eigenvalue weighted by Crippen LogP contribution is -2.25. The van der Waals surface area contributed by atoms with Crippen LogP contribution in [-0.4, -0.2) is 38.3 Å². The summed E-state index contributed by atoms with van der Waals surface area (Å²) in [5.41, 5.74) is 9.83. The van der Waals surface area contributed by atoms with Gasteiger partial charge >= 0.3 is 0 Å². The number of nitrogens with one attached hydrogen (secondary N) is 1. The highest BCUT2D eigenvalue weighted by atomic mass is 16.1. The van der Waals surface area contributed by atoms with Gasteiger partial charge in [-0.1, -0.05) is 38.3 Å². The number of aromatic nitrogens is 4. The van der Waals surface area contributed by atoms with Crippen LogP contribution in [0.3, 0.4) is 0 Å². The van der Waals surface area contributed by atoms with Gasteiger partial charge in [0, 0.05) is 18.9 Å². The highest BCUT2D eigenvalue weighted by Gasteiger charge is 2.23. The van der Waals surface area contributed by atoms with Gasteiger partial charge in [0.2, 0.25) is 0 Å². The minimum absolute atomic E-state index is 0.210. The smallest absolute Gasteiger partial charge is 0.257 e. The molecule has 3 N–H and O–H groups in total. The molecule has 0 saturated heterocycles. The van der Waals surface area contributed by atoms with Crippen molar-refractivity contribution in [1.29, 1.82) is 0 Å². The first-order chi connectivity index (χ1) is 15.2. The number of amides is 1. The molecule has 0 radical (unpaired) electrons. The highest BCUT2D eigenvalue weighted by molar-refractivity contribution is 6.10. The number of rotatable bonds is 8. The zero-order valence-corrected chi connectivity index (χ0v) is 17.5. The van der Waals surface area contributed by atoms with Gasteiger partial charge in [-0.3, -0.25) is 9.78 Å². The van der Waals surface area contributed by atoms with E-state index in [4.69, 9.17) is 5.73 Å². The second-order valence-corrected chi connectivity index (χ2v) is 7.30. The van der Waals surface area contributed by atoms with Gasteiger partial charge in [-0.2, -0.15) is 9.78 Å². The number of pyridine rings is 1. The molecule has 0 aliphatic heterocycles. The number of nitrogens with zero attached hydrogens (tertiary/aromatic N) is 5. The van der Waals surface area contributed by atoms with Crippen LogP contribution in [0.1, 0.15) is 48.5 Å². The molecular weight excluding hydrogens is 390 g/mol. The number of hydrogen-bond donors (Lipinski definition) is 2. The van der Waals surface area contributed by atoms with Gasteiger partial charge in [0.25, 0.3) is 5.91 Å². The van der Waals surface area contributed by atoms with Crippen molar-refractivity contribution in [2.75, 3.05) is 12.3 Å². The van der Waals surface area contributed by atoms with E-state index in [1.54, 1.807) is 18.6 Å². The van der Waals surface area contributed by atoms with Crippen LogP contribution < -0.4 is 11.1 Å². The Morgan fingerprint density at radius 1 is 1.10 bits per heavy atom. The van der Waals surface area contributed by atoms with E-state index in [1.165, 1.54) is 4.68 Å². The summed E-state index contributed by atoms with van der Waals surface area (Å²) in [5, 5.41) is 7.46. The van der Waals surface area contributed by atoms with E-state index < -0.39 is 0 Å². The Bertz CT molecular complexity index is 1230. The minimum Gasteiger partial charge on any atom is -0.383 e. The van der Waals surface area contributed by atoms with Crippen LogP contribution in [0.5, 0.6) is 0 Å². The number of carbonyl (C=O) groups is 1. The molecule has 0 fully saturated rings. The first kappa shape index (κ1) is 20.5. The lowest BCUT2D eigenvalue weighted by Gasteiger charge is -2.05. The largest absolute Gasteiger partial charge is 0.383 e. The number of unbranched alkanes of at least 4 members (excludes halogenated alkanes) is 3. The van der Waals surface area contributed by atoms with Crippen molar-refractivity contribution in [2.45, 2.75) is 32.6 Å². The summed E-state index contributed by atoms with van der Waals surface area (Å²) in [6, 6.07) is 11.2. The van der Waals surface area contributed by atoms with Crippen molar-refractivity contribution in [1.82, 2.24) is 24.9 Å². The monoisotopic (exact) mass is 415 g/mol. The summed E-state index contributed by atoms with van der Waals surface area (Å²) < 4.78 is 1.47. The van der Waals surface area contributed by atoms with Gasteiger partial charge in [-0.05, 0) is 36.2 Å². The third-order valence-electron chi connectivity index (χ3n) is 5.05. The van der Waals surface area contributed by atoms with Crippen LogP contribution in [0.4, 0.5) is 5.82 Å². The Balaban J connectivity index is 1.75. The van der Waals surface area contributed by atoms with Crippen LogP contribution in [0.2, 0.25) is 0 Å². The van der Waals surface area contributed by atoms with Gasteiger partial charge in [0.15, 0.2) is 5.65 Å². The first-order valence-corrected chi connectivity index (χ1v) is 10.5. The van der Waals surface area contributed by atoms with E-state index in [1.807, 2.05) is 36.4 Å². The first-order valence-electron chi connectivity index (χ1n) is 10.5. The number of carbonyl (C=O) groups excluding carboxylic acids is 1. The lowest BCUT2D eigenvalue weighted by molar-refractivity contribution is 0.0955. The van der Waals surface area contributed by atoms with Gasteiger partial charge in [0.1, 0.15) is 16.9 Å². The summed E-state index contributed by atoms with van der Waals surface area (Å²) in [6.07, 6.45) is 9.32. The van der Waals surface area contributed by atoms with Gasteiger partial charge in [-0.25, -0.2) is 9.97 Å². The van der Waals surface area contributed by atoms with Crippen molar-refractivity contribution in [3.05, 3.63) is 59.9 Å². The van der Waals surface area contributed by atoms with E-state index >= 15 is 0 Å². The van der Waals surface area contributed by atoms with Crippen LogP contribution in [0.25, 0.3) is 22.2 Å². The summed E-state index contributed by atoms with van der Waals surface area (Å²) >= 11 is 0. The average Bonchev–Trinajstić information content (AvgIpc) is 3.06. The van der Waals surface area contributed by atoms with Gasteiger partial charge in [-0.15, -0.1) is 0 Å². The Labute approximate surface area is 180 Å². The Kier molecular flexibility index (Phi) is 6.16. The normalized spacial score (nSPS) is 11.5. The van der Waals surface area contributed by atoms with Gasteiger partial charge < -0.3 is 11.1 Å². The average molecular weight is 416 g/mol. The molecule has 3 heterocycles. The lowest BCUT2D eigenvalue weighted by atomic mass is 10.2. The molecule has 0 bridgehead atoms. The van der Waals surface area contributed by atoms with Crippen molar-refractivity contribution in [3.8, 4) is 0 Å². The maximum Gasteiger partial charge on any atom is 0.257 e.